The van der Waals surface area contributed by atoms with E-state index in [1.165, 1.54) is 12.1 Å². The van der Waals surface area contributed by atoms with Gasteiger partial charge in [0.25, 0.3) is 20.2 Å². The van der Waals surface area contributed by atoms with E-state index in [9.17, 15) is 21.4 Å². The Morgan fingerprint density at radius 1 is 1.04 bits per heavy atom. The second-order valence-electron chi connectivity index (χ2n) is 7.90. The summed E-state index contributed by atoms with van der Waals surface area (Å²) in [7, 11) is -8.25. The molecule has 1 aliphatic rings. The first-order valence-electron chi connectivity index (χ1n) is 9.09. The molecule has 154 valence electrons. The third-order valence-corrected chi connectivity index (χ3v) is 7.46. The molecule has 9 heteroatoms. The largest absolute Gasteiger partial charge is 0.367 e. The summed E-state index contributed by atoms with van der Waals surface area (Å²) >= 11 is 0. The Balaban J connectivity index is 2.02. The molecular weight excluding hydrogens is 402 g/mol. The number of hydrogen-bond acceptors (Lipinski definition) is 5. The van der Waals surface area contributed by atoms with Crippen LogP contribution in [0.1, 0.15) is 39.2 Å². The fourth-order valence-electron chi connectivity index (χ4n) is 3.96. The first kappa shape index (κ1) is 21.0. The topological polar surface area (TPSA) is 112 Å². The molecule has 1 unspecified atom stereocenters. The molecule has 0 amide bonds. The van der Waals surface area contributed by atoms with Gasteiger partial charge >= 0.3 is 0 Å². The Morgan fingerprint density at radius 2 is 1.71 bits per heavy atom. The molecule has 2 aromatic carbocycles. The molecule has 0 saturated heterocycles. The highest BCUT2D eigenvalue weighted by Gasteiger charge is 2.42. The number of hydrogen-bond donors (Lipinski definition) is 2. The van der Waals surface area contributed by atoms with E-state index >= 15 is 0 Å². The van der Waals surface area contributed by atoms with E-state index in [-0.39, 0.29) is 22.1 Å². The lowest BCUT2D eigenvalue weighted by atomic mass is 9.81. The first-order chi connectivity index (χ1) is 12.8. The minimum absolute atomic E-state index is 0.145. The summed E-state index contributed by atoms with van der Waals surface area (Å²) in [6.07, 6.45) is 0.953. The van der Waals surface area contributed by atoms with Crippen LogP contribution in [-0.2, 0) is 25.7 Å². The van der Waals surface area contributed by atoms with E-state index in [2.05, 4.69) is 25.7 Å². The second-order valence-corrected chi connectivity index (χ2v) is 10.9. The fraction of sp³-hybridized carbons (Fsp3) is 0.474. The SMILES string of the molecule is CC1N(CCCCS(=O)(=O)O)c2c(ccc3cc(S(=O)(=O)O)ccc23)C1(C)C. The molecule has 2 N–H and O–H groups in total. The van der Waals surface area contributed by atoms with Crippen LogP contribution in [0.25, 0.3) is 10.8 Å². The molecule has 3 rings (SSSR count). The number of benzene rings is 2. The normalized spacial score (nSPS) is 19.2. The van der Waals surface area contributed by atoms with E-state index in [4.69, 9.17) is 4.55 Å². The van der Waals surface area contributed by atoms with E-state index in [0.29, 0.717) is 24.8 Å². The second kappa shape index (κ2) is 6.98. The summed E-state index contributed by atoms with van der Waals surface area (Å²) in [5.74, 6) is -0.265. The van der Waals surface area contributed by atoms with E-state index < -0.39 is 20.2 Å². The predicted molar refractivity (Wildman–Crippen MR) is 109 cm³/mol. The lowest BCUT2D eigenvalue weighted by molar-refractivity contribution is 0.437. The number of rotatable bonds is 6. The van der Waals surface area contributed by atoms with Crippen molar-refractivity contribution in [1.82, 2.24) is 0 Å². The van der Waals surface area contributed by atoms with Crippen LogP contribution in [0.5, 0.6) is 0 Å². The van der Waals surface area contributed by atoms with E-state index in [1.54, 1.807) is 6.07 Å². The van der Waals surface area contributed by atoms with Gasteiger partial charge in [0.05, 0.1) is 10.6 Å². The van der Waals surface area contributed by atoms with Crippen molar-refractivity contribution in [3.05, 3.63) is 35.9 Å². The zero-order valence-electron chi connectivity index (χ0n) is 16.1. The van der Waals surface area contributed by atoms with Crippen LogP contribution in [-0.4, -0.2) is 44.3 Å². The zero-order valence-corrected chi connectivity index (χ0v) is 17.7. The van der Waals surface area contributed by atoms with Gasteiger partial charge in [0, 0.05) is 29.1 Å². The standard InChI is InChI=1S/C19H25NO6S2/c1-13-19(2,3)17-9-6-14-12-15(28(24,25)26)7-8-16(14)18(17)20(13)10-4-5-11-27(21,22)23/h6-9,12-13H,4-5,10-11H2,1-3H3,(H,21,22,23)(H,24,25,26). The molecule has 2 aromatic rings. The van der Waals surface area contributed by atoms with Crippen molar-refractivity contribution in [1.29, 1.82) is 0 Å². The minimum Gasteiger partial charge on any atom is -0.367 e. The maximum Gasteiger partial charge on any atom is 0.294 e. The van der Waals surface area contributed by atoms with Crippen LogP contribution >= 0.6 is 0 Å². The van der Waals surface area contributed by atoms with Gasteiger partial charge in [0.2, 0.25) is 0 Å². The van der Waals surface area contributed by atoms with Gasteiger partial charge in [0.15, 0.2) is 0 Å². The van der Waals surface area contributed by atoms with Gasteiger partial charge in [-0.1, -0.05) is 32.0 Å². The average molecular weight is 428 g/mol. The molecule has 0 saturated carbocycles. The van der Waals surface area contributed by atoms with Gasteiger partial charge in [-0.2, -0.15) is 16.8 Å². The van der Waals surface area contributed by atoms with Gasteiger partial charge in [-0.25, -0.2) is 0 Å². The van der Waals surface area contributed by atoms with Crippen molar-refractivity contribution < 1.29 is 25.9 Å². The molecule has 1 heterocycles. The Hall–Kier alpha value is -1.68. The van der Waals surface area contributed by atoms with Crippen LogP contribution in [0.2, 0.25) is 0 Å². The Labute approximate surface area is 165 Å². The molecular formula is C19H25NO6S2. The molecule has 0 radical (unpaired) electrons. The lowest BCUT2D eigenvalue weighted by Gasteiger charge is -2.31. The molecule has 0 aliphatic carbocycles. The smallest absolute Gasteiger partial charge is 0.294 e. The average Bonchev–Trinajstić information content (AvgIpc) is 2.77. The molecule has 1 aliphatic heterocycles. The van der Waals surface area contributed by atoms with E-state index in [0.717, 1.165) is 16.6 Å². The zero-order chi connectivity index (χ0) is 20.9. The molecule has 0 aromatic heterocycles. The maximum atomic E-state index is 11.5. The van der Waals surface area contributed by atoms with Crippen LogP contribution in [0.3, 0.4) is 0 Å². The first-order valence-corrected chi connectivity index (χ1v) is 12.1. The highest BCUT2D eigenvalue weighted by Crippen LogP contribution is 2.48. The van der Waals surface area contributed by atoms with Crippen molar-refractivity contribution in [2.24, 2.45) is 0 Å². The van der Waals surface area contributed by atoms with Crippen LogP contribution in [0.4, 0.5) is 5.69 Å². The van der Waals surface area contributed by atoms with Crippen molar-refractivity contribution in [3.63, 3.8) is 0 Å². The highest BCUT2D eigenvalue weighted by molar-refractivity contribution is 7.86. The summed E-state index contributed by atoms with van der Waals surface area (Å²) in [4.78, 5) is 2.07. The number of nitrogens with zero attached hydrogens (tertiary/aromatic N) is 1. The maximum absolute atomic E-state index is 11.5. The van der Waals surface area contributed by atoms with Crippen molar-refractivity contribution in [2.75, 3.05) is 17.2 Å². The number of unbranched alkanes of at least 4 members (excludes halogenated alkanes) is 1. The molecule has 0 fully saturated rings. The molecule has 0 spiro atoms. The summed E-state index contributed by atoms with van der Waals surface area (Å²) in [5, 5.41) is 1.60. The fourth-order valence-corrected chi connectivity index (χ4v) is 5.05. The number of anilines is 1. The van der Waals surface area contributed by atoms with Crippen molar-refractivity contribution in [2.45, 2.75) is 50.0 Å². The third kappa shape index (κ3) is 3.89. The van der Waals surface area contributed by atoms with Gasteiger partial charge in [-0.3, -0.25) is 9.11 Å². The molecule has 0 bridgehead atoms. The van der Waals surface area contributed by atoms with Gasteiger partial charge in [0.1, 0.15) is 0 Å². The van der Waals surface area contributed by atoms with Gasteiger partial charge in [-0.15, -0.1) is 0 Å². The number of fused-ring (bicyclic) bond motifs is 3. The summed E-state index contributed by atoms with van der Waals surface area (Å²) in [6, 6.07) is 8.55. The van der Waals surface area contributed by atoms with Crippen molar-refractivity contribution >= 4 is 36.7 Å². The molecule has 28 heavy (non-hydrogen) atoms. The Kier molecular flexibility index (Phi) is 5.24. The molecule has 7 nitrogen and oxygen atoms in total. The predicted octanol–water partition coefficient (Wildman–Crippen LogP) is 3.24. The Bertz CT molecular complexity index is 1120. The van der Waals surface area contributed by atoms with Crippen LogP contribution in [0.15, 0.2) is 35.2 Å². The highest BCUT2D eigenvalue weighted by atomic mass is 32.2. The minimum atomic E-state index is -4.28. The van der Waals surface area contributed by atoms with Gasteiger partial charge in [-0.05, 0) is 42.8 Å². The van der Waals surface area contributed by atoms with Crippen LogP contribution < -0.4 is 4.90 Å². The molecule has 1 atom stereocenters. The van der Waals surface area contributed by atoms with E-state index in [1.807, 2.05) is 12.1 Å². The monoisotopic (exact) mass is 427 g/mol. The van der Waals surface area contributed by atoms with Gasteiger partial charge < -0.3 is 4.90 Å². The summed E-state index contributed by atoms with van der Waals surface area (Å²) in [5.41, 5.74) is 2.00. The van der Waals surface area contributed by atoms with Crippen molar-refractivity contribution in [3.8, 4) is 0 Å². The Morgan fingerprint density at radius 3 is 2.32 bits per heavy atom. The summed E-state index contributed by atoms with van der Waals surface area (Å²) in [6.45, 7) is 7.02. The quantitative estimate of drug-likeness (QED) is 0.537. The third-order valence-electron chi connectivity index (χ3n) is 5.81. The van der Waals surface area contributed by atoms with Crippen LogP contribution in [0, 0.1) is 0 Å². The summed E-state index contributed by atoms with van der Waals surface area (Å²) < 4.78 is 63.1. The lowest BCUT2D eigenvalue weighted by Crippen LogP contribution is -2.39.